The van der Waals surface area contributed by atoms with Gasteiger partial charge in [0, 0.05) is 24.2 Å². The van der Waals surface area contributed by atoms with E-state index in [1.54, 1.807) is 4.90 Å². The van der Waals surface area contributed by atoms with E-state index < -0.39 is 0 Å². The lowest BCUT2D eigenvalue weighted by Gasteiger charge is -2.18. The highest BCUT2D eigenvalue weighted by atomic mass is 35.5. The van der Waals surface area contributed by atoms with Gasteiger partial charge in [0.1, 0.15) is 0 Å². The van der Waals surface area contributed by atoms with Crippen LogP contribution in [-0.2, 0) is 6.54 Å². The Kier molecular flexibility index (Phi) is 5.03. The maximum Gasteiger partial charge on any atom is 0.253 e. The summed E-state index contributed by atoms with van der Waals surface area (Å²) in [6.07, 6.45) is 0. The highest BCUT2D eigenvalue weighted by molar-refractivity contribution is 6.30. The summed E-state index contributed by atoms with van der Waals surface area (Å²) >= 11 is 5.87. The molecule has 2 aromatic carbocycles. The van der Waals surface area contributed by atoms with Crippen molar-refractivity contribution in [1.82, 2.24) is 4.90 Å². The molecule has 0 saturated carbocycles. The molecule has 0 heterocycles. The average molecular weight is 302 g/mol. The van der Waals surface area contributed by atoms with Crippen molar-refractivity contribution in [1.29, 1.82) is 0 Å². The fourth-order valence-corrected chi connectivity index (χ4v) is 2.29. The third-order valence-corrected chi connectivity index (χ3v) is 3.76. The smallest absolute Gasteiger partial charge is 0.253 e. The monoisotopic (exact) mass is 301 g/mol. The SMILES string of the molecule is CC(C)c1ccc(C(=O)N(C)Cc2ccc(Cl)cc2)cc1. The van der Waals surface area contributed by atoms with Gasteiger partial charge in [0.05, 0.1) is 0 Å². The molecule has 2 rings (SSSR count). The predicted molar refractivity (Wildman–Crippen MR) is 87.8 cm³/mol. The van der Waals surface area contributed by atoms with Crippen LogP contribution in [0, 0.1) is 0 Å². The van der Waals surface area contributed by atoms with E-state index in [0.29, 0.717) is 17.5 Å². The van der Waals surface area contributed by atoms with E-state index in [1.807, 2.05) is 55.6 Å². The fourth-order valence-electron chi connectivity index (χ4n) is 2.17. The van der Waals surface area contributed by atoms with Gasteiger partial charge in [-0.05, 0) is 41.3 Å². The van der Waals surface area contributed by atoms with E-state index in [2.05, 4.69) is 13.8 Å². The first-order valence-electron chi connectivity index (χ1n) is 7.07. The van der Waals surface area contributed by atoms with Gasteiger partial charge in [0.2, 0.25) is 0 Å². The lowest BCUT2D eigenvalue weighted by atomic mass is 10.0. The summed E-state index contributed by atoms with van der Waals surface area (Å²) < 4.78 is 0. The third-order valence-electron chi connectivity index (χ3n) is 3.50. The highest BCUT2D eigenvalue weighted by Gasteiger charge is 2.12. The van der Waals surface area contributed by atoms with Crippen molar-refractivity contribution in [2.24, 2.45) is 0 Å². The molecule has 0 atom stereocenters. The second kappa shape index (κ2) is 6.77. The van der Waals surface area contributed by atoms with Gasteiger partial charge in [-0.2, -0.15) is 0 Å². The van der Waals surface area contributed by atoms with Gasteiger partial charge in [-0.15, -0.1) is 0 Å². The topological polar surface area (TPSA) is 20.3 Å². The Balaban J connectivity index is 2.06. The Morgan fingerprint density at radius 3 is 2.14 bits per heavy atom. The summed E-state index contributed by atoms with van der Waals surface area (Å²) in [6.45, 7) is 4.86. The fraction of sp³-hybridized carbons (Fsp3) is 0.278. The molecule has 21 heavy (non-hydrogen) atoms. The van der Waals surface area contributed by atoms with Gasteiger partial charge in [0.25, 0.3) is 5.91 Å². The summed E-state index contributed by atoms with van der Waals surface area (Å²) in [5.41, 5.74) is 3.02. The molecule has 0 aliphatic heterocycles. The summed E-state index contributed by atoms with van der Waals surface area (Å²) in [4.78, 5) is 14.1. The Morgan fingerprint density at radius 2 is 1.62 bits per heavy atom. The van der Waals surface area contributed by atoms with Crippen LogP contribution in [0.1, 0.15) is 41.3 Å². The van der Waals surface area contributed by atoms with E-state index >= 15 is 0 Å². The molecule has 0 aliphatic carbocycles. The molecule has 0 spiro atoms. The minimum Gasteiger partial charge on any atom is -0.337 e. The van der Waals surface area contributed by atoms with Crippen LogP contribution in [0.15, 0.2) is 48.5 Å². The number of hydrogen-bond acceptors (Lipinski definition) is 1. The molecule has 3 heteroatoms. The zero-order valence-electron chi connectivity index (χ0n) is 12.6. The average Bonchev–Trinajstić information content (AvgIpc) is 2.49. The zero-order valence-corrected chi connectivity index (χ0v) is 13.4. The van der Waals surface area contributed by atoms with Crippen molar-refractivity contribution >= 4 is 17.5 Å². The number of benzene rings is 2. The molecule has 0 aromatic heterocycles. The molecule has 2 aromatic rings. The van der Waals surface area contributed by atoms with Gasteiger partial charge in [-0.1, -0.05) is 49.7 Å². The predicted octanol–water partition coefficient (Wildman–Crippen LogP) is 4.74. The van der Waals surface area contributed by atoms with E-state index in [0.717, 1.165) is 11.1 Å². The maximum absolute atomic E-state index is 12.4. The molecule has 110 valence electrons. The standard InChI is InChI=1S/C18H20ClNO/c1-13(2)15-6-8-16(9-7-15)18(21)20(3)12-14-4-10-17(19)11-5-14/h4-11,13H,12H2,1-3H3. The molecule has 0 fully saturated rings. The van der Waals surface area contributed by atoms with Crippen LogP contribution in [0.3, 0.4) is 0 Å². The Hall–Kier alpha value is -1.80. The van der Waals surface area contributed by atoms with Crippen LogP contribution in [0.4, 0.5) is 0 Å². The van der Waals surface area contributed by atoms with Gasteiger partial charge in [-0.25, -0.2) is 0 Å². The number of hydrogen-bond donors (Lipinski definition) is 0. The normalized spacial score (nSPS) is 10.7. The molecule has 1 amide bonds. The van der Waals surface area contributed by atoms with E-state index in [4.69, 9.17) is 11.6 Å². The quantitative estimate of drug-likeness (QED) is 0.799. The first-order valence-corrected chi connectivity index (χ1v) is 7.45. The molecular formula is C18H20ClNO. The zero-order chi connectivity index (χ0) is 15.4. The number of carbonyl (C=O) groups is 1. The van der Waals surface area contributed by atoms with E-state index in [1.165, 1.54) is 5.56 Å². The Morgan fingerprint density at radius 1 is 1.05 bits per heavy atom. The summed E-state index contributed by atoms with van der Waals surface area (Å²) in [6, 6.07) is 15.4. The lowest BCUT2D eigenvalue weighted by Crippen LogP contribution is -2.26. The molecule has 0 N–H and O–H groups in total. The molecular weight excluding hydrogens is 282 g/mol. The number of rotatable bonds is 4. The van der Waals surface area contributed by atoms with Gasteiger partial charge in [-0.3, -0.25) is 4.79 Å². The molecule has 0 bridgehead atoms. The van der Waals surface area contributed by atoms with Crippen LogP contribution >= 0.6 is 11.6 Å². The molecule has 0 aliphatic rings. The van der Waals surface area contributed by atoms with Crippen molar-refractivity contribution in [2.45, 2.75) is 26.3 Å². The minimum absolute atomic E-state index is 0.0280. The number of carbonyl (C=O) groups excluding carboxylic acids is 1. The largest absolute Gasteiger partial charge is 0.337 e. The number of halogens is 1. The summed E-state index contributed by atoms with van der Waals surface area (Å²) in [7, 11) is 1.81. The third kappa shape index (κ3) is 4.08. The molecule has 0 unspecified atom stereocenters. The van der Waals surface area contributed by atoms with Crippen LogP contribution in [0.25, 0.3) is 0 Å². The molecule has 0 radical (unpaired) electrons. The first-order chi connectivity index (χ1) is 9.97. The van der Waals surface area contributed by atoms with Crippen molar-refractivity contribution in [3.8, 4) is 0 Å². The van der Waals surface area contributed by atoms with Gasteiger partial charge in [0.15, 0.2) is 0 Å². The van der Waals surface area contributed by atoms with E-state index in [-0.39, 0.29) is 5.91 Å². The van der Waals surface area contributed by atoms with Gasteiger partial charge < -0.3 is 4.90 Å². The maximum atomic E-state index is 12.4. The second-order valence-electron chi connectivity index (χ2n) is 5.56. The van der Waals surface area contributed by atoms with Crippen molar-refractivity contribution in [3.05, 3.63) is 70.2 Å². The first kappa shape index (κ1) is 15.6. The second-order valence-corrected chi connectivity index (χ2v) is 6.00. The summed E-state index contributed by atoms with van der Waals surface area (Å²) in [5, 5.41) is 0.706. The van der Waals surface area contributed by atoms with Crippen LogP contribution in [0.5, 0.6) is 0 Å². The van der Waals surface area contributed by atoms with Crippen molar-refractivity contribution in [3.63, 3.8) is 0 Å². The van der Waals surface area contributed by atoms with Gasteiger partial charge >= 0.3 is 0 Å². The van der Waals surface area contributed by atoms with Crippen molar-refractivity contribution < 1.29 is 4.79 Å². The van der Waals surface area contributed by atoms with Crippen LogP contribution < -0.4 is 0 Å². The molecule has 0 saturated heterocycles. The van der Waals surface area contributed by atoms with Crippen LogP contribution in [-0.4, -0.2) is 17.9 Å². The minimum atomic E-state index is 0.0280. The highest BCUT2D eigenvalue weighted by Crippen LogP contribution is 2.16. The number of nitrogens with zero attached hydrogens (tertiary/aromatic N) is 1. The Bertz CT molecular complexity index is 602. The molecule has 2 nitrogen and oxygen atoms in total. The Labute approximate surface area is 131 Å². The number of amides is 1. The van der Waals surface area contributed by atoms with Crippen LogP contribution in [0.2, 0.25) is 5.02 Å². The summed E-state index contributed by atoms with van der Waals surface area (Å²) in [5.74, 6) is 0.501. The lowest BCUT2D eigenvalue weighted by molar-refractivity contribution is 0.0785. The van der Waals surface area contributed by atoms with Crippen molar-refractivity contribution in [2.75, 3.05) is 7.05 Å². The van der Waals surface area contributed by atoms with E-state index in [9.17, 15) is 4.79 Å².